The van der Waals surface area contributed by atoms with Gasteiger partial charge in [0.25, 0.3) is 5.91 Å². The number of carbonyl (C=O) groups excluding carboxylic acids is 2. The summed E-state index contributed by atoms with van der Waals surface area (Å²) in [5, 5.41) is 2.49. The number of nitrogens with one attached hydrogen (secondary N) is 1. The predicted molar refractivity (Wildman–Crippen MR) is 90.9 cm³/mol. The summed E-state index contributed by atoms with van der Waals surface area (Å²) in [6, 6.07) is 15.3. The van der Waals surface area contributed by atoms with Crippen molar-refractivity contribution in [2.45, 2.75) is 26.4 Å². The predicted octanol–water partition coefficient (Wildman–Crippen LogP) is 2.99. The van der Waals surface area contributed by atoms with E-state index in [1.165, 1.54) is 18.2 Å². The minimum absolute atomic E-state index is 0.0110. The molecule has 126 valence electrons. The molecule has 0 saturated carbocycles. The van der Waals surface area contributed by atoms with Crippen molar-refractivity contribution in [3.8, 4) is 0 Å². The molecule has 2 aromatic carbocycles. The average Bonchev–Trinajstić information content (AvgIpc) is 2.58. The van der Waals surface area contributed by atoms with Gasteiger partial charge in [-0.1, -0.05) is 42.5 Å². The van der Waals surface area contributed by atoms with Crippen molar-refractivity contribution in [1.29, 1.82) is 0 Å². The molecule has 0 heterocycles. The van der Waals surface area contributed by atoms with E-state index < -0.39 is 11.7 Å². The zero-order valence-corrected chi connectivity index (χ0v) is 13.8. The maximum Gasteiger partial charge on any atom is 0.254 e. The lowest BCUT2D eigenvalue weighted by Crippen LogP contribution is -2.43. The first-order valence-electron chi connectivity index (χ1n) is 7.85. The molecule has 0 aliphatic rings. The van der Waals surface area contributed by atoms with Gasteiger partial charge in [-0.3, -0.25) is 9.59 Å². The number of hydrogen-bond acceptors (Lipinski definition) is 2. The van der Waals surface area contributed by atoms with Gasteiger partial charge in [0.1, 0.15) is 5.82 Å². The van der Waals surface area contributed by atoms with E-state index >= 15 is 0 Å². The molecule has 2 amide bonds. The molecule has 0 bridgehead atoms. The quantitative estimate of drug-likeness (QED) is 0.886. The van der Waals surface area contributed by atoms with E-state index in [-0.39, 0.29) is 24.1 Å². The number of carbonyl (C=O) groups is 2. The van der Waals surface area contributed by atoms with Gasteiger partial charge in [-0.25, -0.2) is 4.39 Å². The zero-order chi connectivity index (χ0) is 17.5. The number of nitrogens with zero attached hydrogens (tertiary/aromatic N) is 1. The lowest BCUT2D eigenvalue weighted by atomic mass is 10.2. The molecule has 0 atom stereocenters. The van der Waals surface area contributed by atoms with E-state index in [9.17, 15) is 14.0 Å². The van der Waals surface area contributed by atoms with E-state index in [0.29, 0.717) is 6.54 Å². The summed E-state index contributed by atoms with van der Waals surface area (Å²) in [6.45, 7) is 4.13. The highest BCUT2D eigenvalue weighted by molar-refractivity contribution is 5.96. The Labute approximate surface area is 141 Å². The summed E-state index contributed by atoms with van der Waals surface area (Å²) >= 11 is 0. The third-order valence-corrected chi connectivity index (χ3v) is 3.66. The Morgan fingerprint density at radius 2 is 1.67 bits per heavy atom. The Bertz CT molecular complexity index is 702. The number of hydrogen-bond donors (Lipinski definition) is 1. The molecule has 0 saturated heterocycles. The van der Waals surface area contributed by atoms with Crippen molar-refractivity contribution in [2.75, 3.05) is 6.54 Å². The average molecular weight is 328 g/mol. The van der Waals surface area contributed by atoms with E-state index in [4.69, 9.17) is 0 Å². The van der Waals surface area contributed by atoms with Gasteiger partial charge < -0.3 is 10.2 Å². The van der Waals surface area contributed by atoms with Gasteiger partial charge in [0.15, 0.2) is 0 Å². The first-order valence-corrected chi connectivity index (χ1v) is 7.85. The molecule has 0 spiro atoms. The molecule has 0 fully saturated rings. The van der Waals surface area contributed by atoms with Crippen LogP contribution in [0.3, 0.4) is 0 Å². The monoisotopic (exact) mass is 328 g/mol. The Balaban J connectivity index is 1.98. The van der Waals surface area contributed by atoms with E-state index in [1.54, 1.807) is 11.0 Å². The van der Waals surface area contributed by atoms with Gasteiger partial charge in [-0.2, -0.15) is 0 Å². The fraction of sp³-hybridized carbons (Fsp3) is 0.263. The maximum atomic E-state index is 13.6. The number of amides is 2. The first kappa shape index (κ1) is 17.7. The van der Waals surface area contributed by atoms with Gasteiger partial charge in [-0.15, -0.1) is 0 Å². The third-order valence-electron chi connectivity index (χ3n) is 3.66. The SMILES string of the molecule is CC(C)N(Cc1ccccc1)C(=O)CNC(=O)c1ccccc1F. The van der Waals surface area contributed by atoms with Crippen LogP contribution in [0.1, 0.15) is 29.8 Å². The van der Waals surface area contributed by atoms with Gasteiger partial charge in [0, 0.05) is 12.6 Å². The minimum atomic E-state index is -0.604. The second-order valence-electron chi connectivity index (χ2n) is 5.76. The van der Waals surface area contributed by atoms with Gasteiger partial charge in [-0.05, 0) is 31.5 Å². The molecule has 2 rings (SSSR count). The summed E-state index contributed by atoms with van der Waals surface area (Å²) < 4.78 is 13.6. The van der Waals surface area contributed by atoms with Crippen molar-refractivity contribution < 1.29 is 14.0 Å². The summed E-state index contributed by atoms with van der Waals surface area (Å²) in [5.74, 6) is -1.41. The van der Waals surface area contributed by atoms with Crippen molar-refractivity contribution in [3.05, 3.63) is 71.5 Å². The normalized spacial score (nSPS) is 10.5. The minimum Gasteiger partial charge on any atom is -0.343 e. The van der Waals surface area contributed by atoms with Crippen molar-refractivity contribution in [1.82, 2.24) is 10.2 Å². The number of halogens is 1. The van der Waals surface area contributed by atoms with Crippen molar-refractivity contribution >= 4 is 11.8 Å². The summed E-state index contributed by atoms with van der Waals surface area (Å²) in [4.78, 5) is 26.1. The van der Waals surface area contributed by atoms with Gasteiger partial charge in [0.05, 0.1) is 12.1 Å². The van der Waals surface area contributed by atoms with Crippen LogP contribution >= 0.6 is 0 Å². The van der Waals surface area contributed by atoms with E-state index in [1.807, 2.05) is 44.2 Å². The Morgan fingerprint density at radius 3 is 2.29 bits per heavy atom. The molecule has 2 aromatic rings. The topological polar surface area (TPSA) is 49.4 Å². The Hall–Kier alpha value is -2.69. The van der Waals surface area contributed by atoms with E-state index in [2.05, 4.69) is 5.32 Å². The van der Waals surface area contributed by atoms with Crippen LogP contribution in [0.25, 0.3) is 0 Å². The second kappa shape index (κ2) is 8.24. The molecule has 0 radical (unpaired) electrons. The number of benzene rings is 2. The molecule has 1 N–H and O–H groups in total. The number of rotatable bonds is 6. The van der Waals surface area contributed by atoms with Crippen molar-refractivity contribution in [3.63, 3.8) is 0 Å². The lowest BCUT2D eigenvalue weighted by molar-refractivity contribution is -0.132. The molecule has 5 heteroatoms. The van der Waals surface area contributed by atoms with Crippen molar-refractivity contribution in [2.24, 2.45) is 0 Å². The summed E-state index contributed by atoms with van der Waals surface area (Å²) in [5.41, 5.74) is 0.949. The molecule has 0 unspecified atom stereocenters. The molecule has 24 heavy (non-hydrogen) atoms. The molecular formula is C19H21FN2O2. The Morgan fingerprint density at radius 1 is 1.04 bits per heavy atom. The first-order chi connectivity index (χ1) is 11.5. The smallest absolute Gasteiger partial charge is 0.254 e. The van der Waals surface area contributed by atoms with Crippen LogP contribution in [0.2, 0.25) is 0 Å². The molecule has 0 aromatic heterocycles. The van der Waals surface area contributed by atoms with Crippen LogP contribution in [-0.4, -0.2) is 29.3 Å². The van der Waals surface area contributed by atoms with E-state index in [0.717, 1.165) is 5.56 Å². The largest absolute Gasteiger partial charge is 0.343 e. The zero-order valence-electron chi connectivity index (χ0n) is 13.8. The van der Waals surface area contributed by atoms with Crippen LogP contribution in [0.15, 0.2) is 54.6 Å². The highest BCUT2D eigenvalue weighted by Gasteiger charge is 2.19. The maximum absolute atomic E-state index is 13.6. The van der Waals surface area contributed by atoms with Crippen LogP contribution < -0.4 is 5.32 Å². The molecule has 4 nitrogen and oxygen atoms in total. The highest BCUT2D eigenvalue weighted by Crippen LogP contribution is 2.09. The molecule has 0 aliphatic heterocycles. The molecule has 0 aliphatic carbocycles. The van der Waals surface area contributed by atoms with Crippen LogP contribution in [-0.2, 0) is 11.3 Å². The highest BCUT2D eigenvalue weighted by atomic mass is 19.1. The van der Waals surface area contributed by atoms with Crippen LogP contribution in [0.4, 0.5) is 4.39 Å². The third kappa shape index (κ3) is 4.65. The summed E-state index contributed by atoms with van der Waals surface area (Å²) in [6.07, 6.45) is 0. The van der Waals surface area contributed by atoms with Crippen LogP contribution in [0.5, 0.6) is 0 Å². The Kier molecular flexibility index (Phi) is 6.07. The van der Waals surface area contributed by atoms with Gasteiger partial charge >= 0.3 is 0 Å². The van der Waals surface area contributed by atoms with Gasteiger partial charge in [0.2, 0.25) is 5.91 Å². The standard InChI is InChI=1S/C19H21FN2O2/c1-14(2)22(13-15-8-4-3-5-9-15)18(23)12-21-19(24)16-10-6-7-11-17(16)20/h3-11,14H,12-13H2,1-2H3,(H,21,24). The summed E-state index contributed by atoms with van der Waals surface area (Å²) in [7, 11) is 0. The molecular weight excluding hydrogens is 307 g/mol. The fourth-order valence-electron chi connectivity index (χ4n) is 2.34. The fourth-order valence-corrected chi connectivity index (χ4v) is 2.34. The lowest BCUT2D eigenvalue weighted by Gasteiger charge is -2.27. The second-order valence-corrected chi connectivity index (χ2v) is 5.76. The van der Waals surface area contributed by atoms with Crippen LogP contribution in [0, 0.1) is 5.82 Å².